The van der Waals surface area contributed by atoms with Crippen molar-refractivity contribution in [3.8, 4) is 0 Å². The van der Waals surface area contributed by atoms with E-state index in [1.165, 1.54) is 0 Å². The van der Waals surface area contributed by atoms with E-state index in [1.54, 1.807) is 12.3 Å². The summed E-state index contributed by atoms with van der Waals surface area (Å²) in [7, 11) is 0. The van der Waals surface area contributed by atoms with Crippen molar-refractivity contribution in [1.82, 2.24) is 14.9 Å². The van der Waals surface area contributed by atoms with Gasteiger partial charge in [0.1, 0.15) is 11.6 Å². The van der Waals surface area contributed by atoms with E-state index in [-0.39, 0.29) is 13.2 Å². The van der Waals surface area contributed by atoms with E-state index in [0.717, 1.165) is 0 Å². The number of rotatable bonds is 6. The van der Waals surface area contributed by atoms with E-state index >= 15 is 0 Å². The first-order valence-electron chi connectivity index (χ1n) is 4.77. The van der Waals surface area contributed by atoms with Crippen molar-refractivity contribution in [3.05, 3.63) is 18.1 Å². The lowest BCUT2D eigenvalue weighted by Crippen LogP contribution is -2.30. The molecule has 0 aliphatic carbocycles. The first-order valence-corrected chi connectivity index (χ1v) is 4.77. The topological polar surface area (TPSA) is 95.5 Å². The zero-order valence-corrected chi connectivity index (χ0v) is 8.50. The summed E-state index contributed by atoms with van der Waals surface area (Å²) in [4.78, 5) is 9.94. The van der Waals surface area contributed by atoms with Gasteiger partial charge in [-0.15, -0.1) is 0 Å². The highest BCUT2D eigenvalue weighted by atomic mass is 16.3. The summed E-state index contributed by atoms with van der Waals surface area (Å²) in [5.41, 5.74) is 5.51. The fourth-order valence-electron chi connectivity index (χ4n) is 1.24. The molecule has 0 saturated heterocycles. The number of nitrogens with zero attached hydrogens (tertiary/aromatic N) is 3. The van der Waals surface area contributed by atoms with Crippen molar-refractivity contribution in [3.63, 3.8) is 0 Å². The van der Waals surface area contributed by atoms with E-state index in [4.69, 9.17) is 15.9 Å². The number of nitrogens with two attached hydrogens (primary N) is 1. The van der Waals surface area contributed by atoms with E-state index < -0.39 is 0 Å². The largest absolute Gasteiger partial charge is 0.395 e. The molecule has 6 nitrogen and oxygen atoms in total. The highest BCUT2D eigenvalue weighted by Gasteiger charge is 2.06. The Morgan fingerprint density at radius 2 is 1.93 bits per heavy atom. The Hall–Kier alpha value is -1.24. The summed E-state index contributed by atoms with van der Waals surface area (Å²) in [6, 6.07) is 1.62. The van der Waals surface area contributed by atoms with Crippen molar-refractivity contribution in [1.29, 1.82) is 0 Å². The number of aliphatic hydroxyl groups excluding tert-OH is 2. The number of hydrogen-bond acceptors (Lipinski definition) is 6. The van der Waals surface area contributed by atoms with Crippen LogP contribution in [-0.2, 0) is 6.54 Å². The minimum absolute atomic E-state index is 0.0440. The molecule has 0 unspecified atom stereocenters. The Morgan fingerprint density at radius 3 is 2.47 bits per heavy atom. The van der Waals surface area contributed by atoms with Crippen molar-refractivity contribution >= 4 is 5.82 Å². The third kappa shape index (κ3) is 4.20. The molecule has 0 radical (unpaired) electrons. The van der Waals surface area contributed by atoms with Crippen LogP contribution in [0.4, 0.5) is 5.82 Å². The lowest BCUT2D eigenvalue weighted by molar-refractivity contribution is 0.153. The Labute approximate surface area is 88.4 Å². The van der Waals surface area contributed by atoms with Gasteiger partial charge in [0, 0.05) is 19.3 Å². The van der Waals surface area contributed by atoms with Crippen LogP contribution in [0.5, 0.6) is 0 Å². The van der Waals surface area contributed by atoms with Gasteiger partial charge in [0.2, 0.25) is 0 Å². The second kappa shape index (κ2) is 6.28. The number of hydrogen-bond donors (Lipinski definition) is 3. The number of anilines is 1. The van der Waals surface area contributed by atoms with Gasteiger partial charge in [-0.1, -0.05) is 0 Å². The molecule has 0 aliphatic heterocycles. The van der Waals surface area contributed by atoms with Crippen LogP contribution in [0.25, 0.3) is 0 Å². The Morgan fingerprint density at radius 1 is 1.27 bits per heavy atom. The van der Waals surface area contributed by atoms with Crippen LogP contribution >= 0.6 is 0 Å². The third-order valence-corrected chi connectivity index (χ3v) is 1.92. The van der Waals surface area contributed by atoms with Crippen LogP contribution in [-0.4, -0.2) is 51.4 Å². The molecule has 0 fully saturated rings. The summed E-state index contributed by atoms with van der Waals surface area (Å²) in [5, 5.41) is 17.6. The Kier molecular flexibility index (Phi) is 4.96. The van der Waals surface area contributed by atoms with Crippen molar-refractivity contribution in [2.24, 2.45) is 0 Å². The van der Waals surface area contributed by atoms with Gasteiger partial charge < -0.3 is 15.9 Å². The molecule has 1 aromatic heterocycles. The van der Waals surface area contributed by atoms with Crippen LogP contribution in [0.3, 0.4) is 0 Å². The first-order chi connectivity index (χ1) is 7.26. The second-order valence-corrected chi connectivity index (χ2v) is 3.12. The van der Waals surface area contributed by atoms with Crippen LogP contribution in [0.15, 0.2) is 12.3 Å². The molecule has 0 aromatic carbocycles. The summed E-state index contributed by atoms with van der Waals surface area (Å²) >= 11 is 0. The Bertz CT molecular complexity index is 289. The standard InChI is InChI=1S/C9H16N4O2/c10-8-1-2-11-9(12-8)7-13(3-5-14)4-6-15/h1-2,14-15H,3-7H2,(H2,10,11,12). The quantitative estimate of drug-likeness (QED) is 0.551. The average Bonchev–Trinajstić information content (AvgIpc) is 2.18. The third-order valence-electron chi connectivity index (χ3n) is 1.92. The molecular weight excluding hydrogens is 196 g/mol. The minimum atomic E-state index is 0.0440. The number of aromatic nitrogens is 2. The average molecular weight is 212 g/mol. The molecular formula is C9H16N4O2. The van der Waals surface area contributed by atoms with Crippen molar-refractivity contribution in [2.45, 2.75) is 6.54 Å². The predicted molar refractivity (Wildman–Crippen MR) is 55.9 cm³/mol. The summed E-state index contributed by atoms with van der Waals surface area (Å²) in [5.74, 6) is 1.02. The maximum Gasteiger partial charge on any atom is 0.144 e. The maximum atomic E-state index is 8.81. The van der Waals surface area contributed by atoms with E-state index in [0.29, 0.717) is 31.3 Å². The molecule has 84 valence electrons. The summed E-state index contributed by atoms with van der Waals surface area (Å²) < 4.78 is 0. The molecule has 0 spiro atoms. The lowest BCUT2D eigenvalue weighted by atomic mass is 10.4. The van der Waals surface area contributed by atoms with Crippen LogP contribution in [0.1, 0.15) is 5.82 Å². The highest BCUT2D eigenvalue weighted by molar-refractivity contribution is 5.24. The second-order valence-electron chi connectivity index (χ2n) is 3.12. The molecule has 15 heavy (non-hydrogen) atoms. The molecule has 0 amide bonds. The van der Waals surface area contributed by atoms with Gasteiger partial charge in [-0.2, -0.15) is 0 Å². The summed E-state index contributed by atoms with van der Waals surface area (Å²) in [6.07, 6.45) is 1.59. The molecule has 0 aliphatic rings. The molecule has 6 heteroatoms. The molecule has 0 saturated carbocycles. The SMILES string of the molecule is Nc1ccnc(CN(CCO)CCO)n1. The van der Waals surface area contributed by atoms with Gasteiger partial charge in [-0.3, -0.25) is 4.90 Å². The summed E-state index contributed by atoms with van der Waals surface area (Å²) in [6.45, 7) is 1.54. The molecule has 1 rings (SSSR count). The van der Waals surface area contributed by atoms with Gasteiger partial charge >= 0.3 is 0 Å². The molecule has 1 heterocycles. The van der Waals surface area contributed by atoms with Gasteiger partial charge in [0.15, 0.2) is 0 Å². The molecule has 0 bridgehead atoms. The van der Waals surface area contributed by atoms with Gasteiger partial charge in [0.25, 0.3) is 0 Å². The molecule has 0 atom stereocenters. The van der Waals surface area contributed by atoms with Crippen molar-refractivity contribution < 1.29 is 10.2 Å². The van der Waals surface area contributed by atoms with Crippen LogP contribution in [0, 0.1) is 0 Å². The Balaban J connectivity index is 2.56. The van der Waals surface area contributed by atoms with Gasteiger partial charge in [-0.25, -0.2) is 9.97 Å². The van der Waals surface area contributed by atoms with E-state index in [2.05, 4.69) is 9.97 Å². The number of aliphatic hydroxyl groups is 2. The predicted octanol–water partition coefficient (Wildman–Crippen LogP) is -1.15. The number of nitrogen functional groups attached to an aromatic ring is 1. The zero-order chi connectivity index (χ0) is 11.1. The maximum absolute atomic E-state index is 8.81. The smallest absolute Gasteiger partial charge is 0.144 e. The van der Waals surface area contributed by atoms with Gasteiger partial charge in [-0.05, 0) is 6.07 Å². The van der Waals surface area contributed by atoms with Gasteiger partial charge in [0.05, 0.1) is 19.8 Å². The van der Waals surface area contributed by atoms with E-state index in [9.17, 15) is 0 Å². The van der Waals surface area contributed by atoms with Crippen molar-refractivity contribution in [2.75, 3.05) is 32.0 Å². The minimum Gasteiger partial charge on any atom is -0.395 e. The zero-order valence-electron chi connectivity index (χ0n) is 8.50. The van der Waals surface area contributed by atoms with Crippen LogP contribution < -0.4 is 5.73 Å². The lowest BCUT2D eigenvalue weighted by Gasteiger charge is -2.18. The van der Waals surface area contributed by atoms with E-state index in [1.807, 2.05) is 4.90 Å². The first kappa shape index (κ1) is 11.8. The normalized spacial score (nSPS) is 10.9. The molecule has 1 aromatic rings. The monoisotopic (exact) mass is 212 g/mol. The van der Waals surface area contributed by atoms with Crippen LogP contribution in [0.2, 0.25) is 0 Å². The fourth-order valence-corrected chi connectivity index (χ4v) is 1.24. The molecule has 4 N–H and O–H groups in total. The highest BCUT2D eigenvalue weighted by Crippen LogP contribution is 2.00. The fraction of sp³-hybridized carbons (Fsp3) is 0.556.